The predicted octanol–water partition coefficient (Wildman–Crippen LogP) is 3.43. The molecule has 8 N–H and O–H groups in total. The molecule has 0 radical (unpaired) electrons. The van der Waals surface area contributed by atoms with Gasteiger partial charge >= 0.3 is 18.0 Å². The molecule has 1 saturated carbocycles. The number of nitrogens with zero attached hydrogens (tertiary/aromatic N) is 5. The molecule has 17 heteroatoms. The smallest absolute Gasteiger partial charge is 0.335 e. The zero-order chi connectivity index (χ0) is 40.2. The number of amides is 3. The number of aromatic carboxylic acids is 2. The summed E-state index contributed by atoms with van der Waals surface area (Å²) in [5, 5.41) is 52.7. The second-order valence-electron chi connectivity index (χ2n) is 14.2. The maximum Gasteiger partial charge on any atom is 0.335 e. The average molecular weight is 778 g/mol. The van der Waals surface area contributed by atoms with Crippen molar-refractivity contribution in [1.82, 2.24) is 30.2 Å². The molecular weight excluding hydrogens is 734 g/mol. The fourth-order valence-corrected chi connectivity index (χ4v) is 7.50. The highest BCUT2D eigenvalue weighted by molar-refractivity contribution is 5.98. The van der Waals surface area contributed by atoms with Crippen molar-refractivity contribution in [3.05, 3.63) is 107 Å². The first-order valence-electron chi connectivity index (χ1n) is 18.7. The first kappa shape index (κ1) is 38.7. The summed E-state index contributed by atoms with van der Waals surface area (Å²) in [5.41, 5.74) is 2.48. The number of urea groups is 1. The van der Waals surface area contributed by atoms with Crippen LogP contribution in [0.1, 0.15) is 70.0 Å². The number of rotatable bonds is 13. The van der Waals surface area contributed by atoms with E-state index < -0.39 is 42.3 Å². The predicted molar refractivity (Wildman–Crippen MR) is 210 cm³/mol. The highest BCUT2D eigenvalue weighted by Gasteiger charge is 2.44. The van der Waals surface area contributed by atoms with E-state index in [1.54, 1.807) is 17.8 Å². The largest absolute Gasteiger partial charge is 0.478 e. The number of hydrogen-bond acceptors (Lipinski definition) is 11. The van der Waals surface area contributed by atoms with Gasteiger partial charge in [-0.2, -0.15) is 9.97 Å². The Morgan fingerprint density at radius 1 is 0.860 bits per heavy atom. The van der Waals surface area contributed by atoms with Crippen molar-refractivity contribution >= 4 is 52.5 Å². The van der Waals surface area contributed by atoms with Gasteiger partial charge in [0.2, 0.25) is 11.9 Å². The number of carbonyl (C=O) groups is 4. The molecule has 0 spiro atoms. The van der Waals surface area contributed by atoms with Crippen LogP contribution in [0.2, 0.25) is 0 Å². The molecule has 1 aliphatic heterocycles. The Morgan fingerprint density at radius 2 is 1.51 bits per heavy atom. The van der Waals surface area contributed by atoms with Gasteiger partial charge in [-0.1, -0.05) is 67.6 Å². The van der Waals surface area contributed by atoms with Gasteiger partial charge in [0.1, 0.15) is 12.2 Å². The van der Waals surface area contributed by atoms with Gasteiger partial charge in [-0.3, -0.25) is 4.79 Å². The quantitative estimate of drug-likeness (QED) is 0.0856. The van der Waals surface area contributed by atoms with Crippen molar-refractivity contribution in [2.75, 3.05) is 35.2 Å². The van der Waals surface area contributed by atoms with Crippen LogP contribution < -0.4 is 26.2 Å². The fourth-order valence-electron chi connectivity index (χ4n) is 7.50. The zero-order valence-corrected chi connectivity index (χ0v) is 30.9. The summed E-state index contributed by atoms with van der Waals surface area (Å²) < 4.78 is 1.71. The highest BCUT2D eigenvalue weighted by Crippen LogP contribution is 2.35. The van der Waals surface area contributed by atoms with Crippen molar-refractivity contribution in [2.45, 2.75) is 62.4 Å². The Labute approximate surface area is 326 Å². The average Bonchev–Trinajstić information content (AvgIpc) is 3.93. The van der Waals surface area contributed by atoms with Crippen LogP contribution in [-0.4, -0.2) is 108 Å². The van der Waals surface area contributed by atoms with E-state index in [2.05, 4.69) is 50.5 Å². The Balaban J connectivity index is 1.16. The molecule has 2 aliphatic rings. The van der Waals surface area contributed by atoms with Gasteiger partial charge in [0, 0.05) is 43.7 Å². The molecular formula is C40H43N9O8. The van der Waals surface area contributed by atoms with Crippen molar-refractivity contribution in [3.8, 4) is 0 Å². The number of aliphatic hydroxyl groups is 2. The molecule has 0 bridgehead atoms. The lowest BCUT2D eigenvalue weighted by Gasteiger charge is -2.22. The summed E-state index contributed by atoms with van der Waals surface area (Å²) >= 11 is 0. The molecule has 2 aromatic heterocycles. The number of imidazole rings is 1. The Hall–Kier alpha value is -6.59. The van der Waals surface area contributed by atoms with Gasteiger partial charge in [-0.25, -0.2) is 19.4 Å². The zero-order valence-electron chi connectivity index (χ0n) is 30.9. The maximum atomic E-state index is 13.1. The second-order valence-corrected chi connectivity index (χ2v) is 14.2. The van der Waals surface area contributed by atoms with E-state index in [4.69, 9.17) is 9.97 Å². The van der Waals surface area contributed by atoms with E-state index in [1.807, 2.05) is 41.3 Å². The maximum absolute atomic E-state index is 13.1. The molecule has 17 nitrogen and oxygen atoms in total. The highest BCUT2D eigenvalue weighted by atomic mass is 16.4. The number of carbonyl (C=O) groups excluding carboxylic acids is 2. The summed E-state index contributed by atoms with van der Waals surface area (Å²) in [6.45, 7) is 2.91. The molecule has 2 fully saturated rings. The van der Waals surface area contributed by atoms with Crippen molar-refractivity contribution in [2.24, 2.45) is 0 Å². The van der Waals surface area contributed by atoms with Gasteiger partial charge in [-0.15, -0.1) is 0 Å². The lowest BCUT2D eigenvalue weighted by Crippen LogP contribution is -2.42. The van der Waals surface area contributed by atoms with Gasteiger partial charge in [0.15, 0.2) is 17.0 Å². The normalized spacial score (nSPS) is 20.4. The molecule has 5 aromatic rings. The number of carboxylic acid groups (broad SMARTS) is 2. The van der Waals surface area contributed by atoms with Crippen LogP contribution in [0.3, 0.4) is 0 Å². The molecule has 0 unspecified atom stereocenters. The number of aromatic nitrogens is 4. The number of anilines is 3. The van der Waals surface area contributed by atoms with Crippen LogP contribution in [-0.2, 0) is 4.79 Å². The van der Waals surface area contributed by atoms with Gasteiger partial charge < -0.3 is 51.2 Å². The third-order valence-electron chi connectivity index (χ3n) is 10.5. The minimum absolute atomic E-state index is 0.0115. The Kier molecular flexibility index (Phi) is 11.3. The summed E-state index contributed by atoms with van der Waals surface area (Å²) in [6, 6.07) is 21.1. The number of nitrogens with one attached hydrogen (secondary N) is 4. The van der Waals surface area contributed by atoms with Crippen LogP contribution in [0.15, 0.2) is 85.2 Å². The number of fused-ring (bicyclic) bond motifs is 1. The van der Waals surface area contributed by atoms with E-state index in [0.29, 0.717) is 49.0 Å². The first-order chi connectivity index (χ1) is 27.5. The first-order valence-corrected chi connectivity index (χ1v) is 18.7. The van der Waals surface area contributed by atoms with Gasteiger partial charge in [-0.05, 0) is 42.2 Å². The fraction of sp³-hybridized carbons (Fsp3) is 0.325. The van der Waals surface area contributed by atoms with Gasteiger partial charge in [0.05, 0.1) is 29.5 Å². The van der Waals surface area contributed by atoms with Crippen LogP contribution in [0.25, 0.3) is 11.2 Å². The molecule has 1 aliphatic carbocycles. The van der Waals surface area contributed by atoms with Crippen LogP contribution >= 0.6 is 0 Å². The number of carboxylic acids is 2. The molecule has 3 heterocycles. The lowest BCUT2D eigenvalue weighted by molar-refractivity contribution is -0.122. The molecule has 3 amide bonds. The third kappa shape index (κ3) is 8.48. The van der Waals surface area contributed by atoms with E-state index in [9.17, 15) is 39.6 Å². The van der Waals surface area contributed by atoms with E-state index in [1.165, 1.54) is 12.1 Å². The van der Waals surface area contributed by atoms with Crippen LogP contribution in [0, 0.1) is 0 Å². The standard InChI is InChI=1S/C40H43N9O8/c1-2-31(50)45-29-18-30(34(52)33(29)51)49-21-42-32-35(41-19-28(22-9-5-3-6-10-22)23-11-7-4-8-12-23)46-39(47-36(32)49)48-14-13-26(20-48)43-40(57)44-27-16-24(37(53)54)15-25(17-27)38(55)56/h3-12,15-17,21,26,28-30,33-34,51-52H,2,13-14,18-20H2,1H3,(H,45,50)(H,53,54)(H,55,56)(H,41,46,47)(H2,43,44,57)/t26-,29+,30-,33-,34+/m1/s1. The van der Waals surface area contributed by atoms with Crippen LogP contribution in [0.4, 0.5) is 22.2 Å². The monoisotopic (exact) mass is 777 g/mol. The molecule has 57 heavy (non-hydrogen) atoms. The van der Waals surface area contributed by atoms with E-state index in [0.717, 1.165) is 17.2 Å². The SMILES string of the molecule is CCC(=O)N[C@H]1C[C@@H](n2cnc3c(NCC(c4ccccc4)c4ccccc4)nc(N4CC[C@@H](NC(=O)Nc5cc(C(=O)O)cc(C(=O)O)c5)C4)nc32)[C@H](O)[C@@H]1O. The van der Waals surface area contributed by atoms with Crippen LogP contribution in [0.5, 0.6) is 0 Å². The van der Waals surface area contributed by atoms with Crippen molar-refractivity contribution in [3.63, 3.8) is 0 Å². The number of aliphatic hydroxyl groups excluding tert-OH is 2. The Bertz CT molecular complexity index is 2200. The summed E-state index contributed by atoms with van der Waals surface area (Å²) in [7, 11) is 0. The lowest BCUT2D eigenvalue weighted by atomic mass is 9.91. The molecule has 5 atom stereocenters. The molecule has 296 valence electrons. The number of hydrogen-bond donors (Lipinski definition) is 8. The molecule has 7 rings (SSSR count). The third-order valence-corrected chi connectivity index (χ3v) is 10.5. The van der Waals surface area contributed by atoms with E-state index >= 15 is 0 Å². The second kappa shape index (κ2) is 16.6. The Morgan fingerprint density at radius 3 is 2.12 bits per heavy atom. The number of benzene rings is 3. The molecule has 3 aromatic carbocycles. The van der Waals surface area contributed by atoms with Gasteiger partial charge in [0.25, 0.3) is 0 Å². The summed E-state index contributed by atoms with van der Waals surface area (Å²) in [4.78, 5) is 64.8. The summed E-state index contributed by atoms with van der Waals surface area (Å²) in [5.74, 6) is -2.20. The topological polar surface area (TPSA) is 244 Å². The van der Waals surface area contributed by atoms with Crippen molar-refractivity contribution < 1.29 is 39.6 Å². The van der Waals surface area contributed by atoms with Crippen molar-refractivity contribution in [1.29, 1.82) is 0 Å². The molecule has 1 saturated heterocycles. The minimum Gasteiger partial charge on any atom is -0.478 e. The minimum atomic E-state index is -1.34. The van der Waals surface area contributed by atoms with E-state index in [-0.39, 0.29) is 47.5 Å². The summed E-state index contributed by atoms with van der Waals surface area (Å²) in [6.07, 6.45) is 0.0918.